The topological polar surface area (TPSA) is 70.6 Å². The lowest BCUT2D eigenvalue weighted by atomic mass is 10.1. The number of rotatable bonds is 4. The minimum Gasteiger partial charge on any atom is -0.351 e. The third kappa shape index (κ3) is 7.04. The first-order chi connectivity index (χ1) is 9.67. The van der Waals surface area contributed by atoms with E-state index in [0.717, 1.165) is 4.47 Å². The average Bonchev–Trinajstić information content (AvgIpc) is 2.33. The first-order valence-electron chi connectivity index (χ1n) is 6.57. The maximum absolute atomic E-state index is 11.9. The number of benzene rings is 1. The second kappa shape index (κ2) is 7.36. The third-order valence-electron chi connectivity index (χ3n) is 2.37. The molecule has 0 aliphatic rings. The fraction of sp³-hybridized carbons (Fsp3) is 0.400. The van der Waals surface area contributed by atoms with Gasteiger partial charge in [-0.3, -0.25) is 9.59 Å². The van der Waals surface area contributed by atoms with E-state index < -0.39 is 0 Å². The van der Waals surface area contributed by atoms with E-state index in [9.17, 15) is 9.59 Å². The van der Waals surface area contributed by atoms with Gasteiger partial charge in [0.05, 0.1) is 6.42 Å². The molecule has 0 aromatic heterocycles. The van der Waals surface area contributed by atoms with Crippen LogP contribution in [0.4, 0.5) is 0 Å². The molecule has 0 spiro atoms. The van der Waals surface area contributed by atoms with Crippen molar-refractivity contribution in [2.75, 3.05) is 0 Å². The fourth-order valence-electron chi connectivity index (χ4n) is 1.57. The molecule has 21 heavy (non-hydrogen) atoms. The van der Waals surface area contributed by atoms with Crippen molar-refractivity contribution in [3.63, 3.8) is 0 Å². The third-order valence-corrected chi connectivity index (χ3v) is 2.86. The van der Waals surface area contributed by atoms with Crippen LogP contribution >= 0.6 is 15.9 Å². The van der Waals surface area contributed by atoms with E-state index in [1.807, 2.05) is 26.8 Å². The van der Waals surface area contributed by atoms with Gasteiger partial charge in [-0.25, -0.2) is 5.43 Å². The molecule has 0 saturated carbocycles. The maximum Gasteiger partial charge on any atom is 0.271 e. The Labute approximate surface area is 133 Å². The van der Waals surface area contributed by atoms with Crippen LogP contribution in [0.15, 0.2) is 33.8 Å². The molecule has 1 rings (SSSR count). The number of hydrogen-bond donors (Lipinski definition) is 2. The van der Waals surface area contributed by atoms with Gasteiger partial charge < -0.3 is 5.32 Å². The Bertz CT molecular complexity index is 562. The molecule has 0 aliphatic carbocycles. The maximum atomic E-state index is 11.9. The van der Waals surface area contributed by atoms with Crippen molar-refractivity contribution in [3.05, 3.63) is 34.3 Å². The number of amides is 2. The minimum absolute atomic E-state index is 0.125. The first kappa shape index (κ1) is 17.4. The Hall–Kier alpha value is -1.69. The van der Waals surface area contributed by atoms with Crippen molar-refractivity contribution in [1.29, 1.82) is 0 Å². The van der Waals surface area contributed by atoms with E-state index >= 15 is 0 Å². The van der Waals surface area contributed by atoms with Gasteiger partial charge in [-0.05, 0) is 45.9 Å². The first-order valence-corrected chi connectivity index (χ1v) is 7.37. The van der Waals surface area contributed by atoms with Crippen LogP contribution in [0, 0.1) is 0 Å². The molecule has 2 N–H and O–H groups in total. The summed E-state index contributed by atoms with van der Waals surface area (Å²) in [6.07, 6.45) is 0.149. The Kier molecular flexibility index (Phi) is 6.08. The fourth-order valence-corrected chi connectivity index (χ4v) is 1.97. The molecule has 2 amide bonds. The summed E-state index contributed by atoms with van der Waals surface area (Å²) in [6.45, 7) is 7.43. The van der Waals surface area contributed by atoms with Crippen molar-refractivity contribution in [2.24, 2.45) is 5.10 Å². The average molecular weight is 354 g/mol. The summed E-state index contributed by atoms with van der Waals surface area (Å²) < 4.78 is 0.820. The van der Waals surface area contributed by atoms with Gasteiger partial charge in [-0.15, -0.1) is 0 Å². The number of hydrazone groups is 1. The molecule has 1 aromatic carbocycles. The van der Waals surface area contributed by atoms with Gasteiger partial charge in [-0.2, -0.15) is 5.10 Å². The van der Waals surface area contributed by atoms with Crippen LogP contribution in [0.2, 0.25) is 0 Å². The summed E-state index contributed by atoms with van der Waals surface area (Å²) >= 11 is 3.30. The van der Waals surface area contributed by atoms with Crippen LogP contribution in [-0.2, 0) is 4.79 Å². The van der Waals surface area contributed by atoms with Crippen molar-refractivity contribution in [2.45, 2.75) is 39.7 Å². The summed E-state index contributed by atoms with van der Waals surface area (Å²) in [4.78, 5) is 23.6. The number of nitrogens with zero attached hydrogens (tertiary/aromatic N) is 1. The lowest BCUT2D eigenvalue weighted by molar-refractivity contribution is -0.121. The Morgan fingerprint density at radius 1 is 1.29 bits per heavy atom. The van der Waals surface area contributed by atoms with E-state index in [0.29, 0.717) is 11.3 Å². The molecule has 1 aromatic rings. The van der Waals surface area contributed by atoms with Gasteiger partial charge in [0.25, 0.3) is 5.91 Å². The predicted octanol–water partition coefficient (Wildman–Crippen LogP) is 2.86. The summed E-state index contributed by atoms with van der Waals surface area (Å²) in [6, 6.07) is 7.00. The van der Waals surface area contributed by atoms with Crippen molar-refractivity contribution >= 4 is 33.5 Å². The van der Waals surface area contributed by atoms with Crippen LogP contribution in [0.3, 0.4) is 0 Å². The molecule has 5 nitrogen and oxygen atoms in total. The van der Waals surface area contributed by atoms with Gasteiger partial charge in [-0.1, -0.05) is 22.0 Å². The molecule has 0 atom stereocenters. The smallest absolute Gasteiger partial charge is 0.271 e. The van der Waals surface area contributed by atoms with Crippen LogP contribution < -0.4 is 10.7 Å². The second-order valence-corrected chi connectivity index (χ2v) is 6.69. The zero-order valence-corrected chi connectivity index (χ0v) is 14.2. The molecule has 0 heterocycles. The number of nitrogens with one attached hydrogen (secondary N) is 2. The van der Waals surface area contributed by atoms with Gasteiger partial charge >= 0.3 is 0 Å². The van der Waals surface area contributed by atoms with Crippen LogP contribution in [-0.4, -0.2) is 23.1 Å². The van der Waals surface area contributed by atoms with Crippen molar-refractivity contribution in [1.82, 2.24) is 10.7 Å². The van der Waals surface area contributed by atoms with E-state index in [2.05, 4.69) is 31.8 Å². The Balaban J connectivity index is 2.56. The highest BCUT2D eigenvalue weighted by Gasteiger charge is 2.14. The van der Waals surface area contributed by atoms with Crippen LogP contribution in [0.5, 0.6) is 0 Å². The molecular formula is C15H20BrN3O2. The van der Waals surface area contributed by atoms with E-state index in [1.165, 1.54) is 0 Å². The number of carbonyl (C=O) groups is 2. The summed E-state index contributed by atoms with van der Waals surface area (Å²) in [7, 11) is 0. The molecular weight excluding hydrogens is 334 g/mol. The standard InChI is InChI=1S/C15H20BrN3O2/c1-10(8-13(20)17-15(2,3)4)18-19-14(21)11-6-5-7-12(16)9-11/h5-7,9H,8H2,1-4H3,(H,17,20)(H,19,21). The highest BCUT2D eigenvalue weighted by Crippen LogP contribution is 2.11. The van der Waals surface area contributed by atoms with E-state index in [1.54, 1.807) is 25.1 Å². The molecule has 0 aliphatic heterocycles. The van der Waals surface area contributed by atoms with Crippen LogP contribution in [0.1, 0.15) is 44.5 Å². The summed E-state index contributed by atoms with van der Waals surface area (Å²) in [5.74, 6) is -0.438. The minimum atomic E-state index is -0.313. The largest absolute Gasteiger partial charge is 0.351 e. The van der Waals surface area contributed by atoms with Crippen molar-refractivity contribution in [3.8, 4) is 0 Å². The molecule has 0 bridgehead atoms. The SMILES string of the molecule is CC(CC(=O)NC(C)(C)C)=NNC(=O)c1cccc(Br)c1. The highest BCUT2D eigenvalue weighted by atomic mass is 79.9. The Morgan fingerprint density at radius 2 is 1.95 bits per heavy atom. The highest BCUT2D eigenvalue weighted by molar-refractivity contribution is 9.10. The molecule has 114 valence electrons. The molecule has 0 radical (unpaired) electrons. The van der Waals surface area contributed by atoms with Crippen LogP contribution in [0.25, 0.3) is 0 Å². The van der Waals surface area contributed by atoms with Gasteiger partial charge in [0, 0.05) is 21.3 Å². The molecule has 0 unspecified atom stereocenters. The zero-order valence-electron chi connectivity index (χ0n) is 12.7. The van der Waals surface area contributed by atoms with Gasteiger partial charge in [0.1, 0.15) is 0 Å². The second-order valence-electron chi connectivity index (χ2n) is 5.77. The monoisotopic (exact) mass is 353 g/mol. The predicted molar refractivity (Wildman–Crippen MR) is 87.2 cm³/mol. The Morgan fingerprint density at radius 3 is 2.52 bits per heavy atom. The zero-order chi connectivity index (χ0) is 16.0. The van der Waals surface area contributed by atoms with E-state index in [-0.39, 0.29) is 23.8 Å². The molecule has 6 heteroatoms. The molecule has 0 fully saturated rings. The number of hydrogen-bond acceptors (Lipinski definition) is 3. The quantitative estimate of drug-likeness (QED) is 0.645. The summed E-state index contributed by atoms with van der Waals surface area (Å²) in [5, 5.41) is 6.78. The molecule has 0 saturated heterocycles. The van der Waals surface area contributed by atoms with Gasteiger partial charge in [0.15, 0.2) is 0 Å². The van der Waals surface area contributed by atoms with E-state index in [4.69, 9.17) is 0 Å². The lowest BCUT2D eigenvalue weighted by Crippen LogP contribution is -2.41. The normalized spacial score (nSPS) is 12.0. The lowest BCUT2D eigenvalue weighted by Gasteiger charge is -2.20. The number of halogens is 1. The summed E-state index contributed by atoms with van der Waals surface area (Å²) in [5.41, 5.74) is 3.20. The number of carbonyl (C=O) groups excluding carboxylic acids is 2. The van der Waals surface area contributed by atoms with Crippen molar-refractivity contribution < 1.29 is 9.59 Å². The van der Waals surface area contributed by atoms with Gasteiger partial charge in [0.2, 0.25) is 5.91 Å².